The number of aliphatic carboxylic acids is 1. The van der Waals surface area contributed by atoms with Gasteiger partial charge in [-0.1, -0.05) is 24.3 Å². The maximum absolute atomic E-state index is 12.2. The Morgan fingerprint density at radius 3 is 2.57 bits per heavy atom. The van der Waals surface area contributed by atoms with Gasteiger partial charge in [0.2, 0.25) is 12.0 Å². The number of esters is 1. The van der Waals surface area contributed by atoms with E-state index in [0.717, 1.165) is 22.0 Å². The summed E-state index contributed by atoms with van der Waals surface area (Å²) in [4.78, 5) is 26.6. The van der Waals surface area contributed by atoms with Crippen molar-refractivity contribution in [2.24, 2.45) is 11.5 Å². The third-order valence-electron chi connectivity index (χ3n) is 9.50. The van der Waals surface area contributed by atoms with Crippen LogP contribution in [0.1, 0.15) is 29.6 Å². The summed E-state index contributed by atoms with van der Waals surface area (Å²) in [6, 6.07) is 14.6. The average Bonchev–Trinajstić information content (AvgIpc) is 3.74. The number of para-hydroxylation sites is 1. The highest BCUT2D eigenvalue weighted by Gasteiger charge is 2.51. The second-order valence-electron chi connectivity index (χ2n) is 12.8. The zero-order valence-electron chi connectivity index (χ0n) is 28.3. The Morgan fingerprint density at radius 1 is 1.04 bits per heavy atom. The van der Waals surface area contributed by atoms with Gasteiger partial charge in [0.1, 0.15) is 55.0 Å². The maximum atomic E-state index is 12.2. The van der Waals surface area contributed by atoms with Gasteiger partial charge in [0, 0.05) is 39.9 Å². The van der Waals surface area contributed by atoms with E-state index in [-0.39, 0.29) is 31.5 Å². The number of benzene rings is 3. The summed E-state index contributed by atoms with van der Waals surface area (Å²) in [7, 11) is 1.51. The van der Waals surface area contributed by atoms with Crippen LogP contribution in [0.25, 0.3) is 22.0 Å². The van der Waals surface area contributed by atoms with Gasteiger partial charge in [0.15, 0.2) is 17.6 Å². The maximum Gasteiger partial charge on any atom is 0.317 e. The number of aliphatic hydroxyl groups is 4. The van der Waals surface area contributed by atoms with E-state index in [1.165, 1.54) is 7.11 Å². The number of carbonyl (C=O) groups is 2. The minimum Gasteiger partial charge on any atom is -0.493 e. The molecule has 53 heavy (non-hydrogen) atoms. The molecular weight excluding hydrogens is 698 g/mol. The van der Waals surface area contributed by atoms with Crippen LogP contribution >= 0.6 is 0 Å². The summed E-state index contributed by atoms with van der Waals surface area (Å²) >= 11 is 0. The molecule has 4 heterocycles. The topological polar surface area (TPSA) is 268 Å². The minimum atomic E-state index is -1.88. The van der Waals surface area contributed by atoms with Crippen molar-refractivity contribution in [2.45, 2.75) is 61.4 Å². The number of carboxylic acids is 1. The summed E-state index contributed by atoms with van der Waals surface area (Å²) in [6.45, 7) is -0.00435. The highest BCUT2D eigenvalue weighted by molar-refractivity contribution is 5.97. The van der Waals surface area contributed by atoms with Gasteiger partial charge in [-0.15, -0.1) is 0 Å². The van der Waals surface area contributed by atoms with Crippen molar-refractivity contribution in [1.82, 2.24) is 4.98 Å². The van der Waals surface area contributed by atoms with Crippen molar-refractivity contribution >= 4 is 22.8 Å². The first-order chi connectivity index (χ1) is 25.5. The van der Waals surface area contributed by atoms with Crippen molar-refractivity contribution in [3.05, 3.63) is 65.9 Å². The summed E-state index contributed by atoms with van der Waals surface area (Å²) in [5.74, 6) is -1.21. The number of carboxylic acid groups (broad SMARTS) is 1. The predicted molar refractivity (Wildman–Crippen MR) is 183 cm³/mol. The Labute approximate surface area is 301 Å². The predicted octanol–water partition coefficient (Wildman–Crippen LogP) is 0.641. The van der Waals surface area contributed by atoms with Crippen LogP contribution in [0, 0.1) is 0 Å². The lowest BCUT2D eigenvalue weighted by atomic mass is 9.85. The number of carbonyl (C=O) groups excluding carboxylic acids is 1. The zero-order valence-corrected chi connectivity index (χ0v) is 28.3. The summed E-state index contributed by atoms with van der Waals surface area (Å²) in [6.07, 6.45) is -11.8. The van der Waals surface area contributed by atoms with Crippen LogP contribution in [0.3, 0.4) is 0 Å². The van der Waals surface area contributed by atoms with Crippen LogP contribution in [0.2, 0.25) is 0 Å². The number of fused-ring (bicyclic) bond motifs is 6. The molecule has 8 atom stereocenters. The molecule has 10 N–H and O–H groups in total. The lowest BCUT2D eigenvalue weighted by Gasteiger charge is -2.43. The van der Waals surface area contributed by atoms with Gasteiger partial charge in [-0.25, -0.2) is 0 Å². The molecule has 0 saturated carbocycles. The number of nitrogens with one attached hydrogen (secondary N) is 1. The van der Waals surface area contributed by atoms with E-state index in [4.69, 9.17) is 49.7 Å². The normalized spacial score (nSPS) is 25.0. The average molecular weight is 738 g/mol. The van der Waals surface area contributed by atoms with E-state index < -0.39 is 67.4 Å². The summed E-state index contributed by atoms with van der Waals surface area (Å²) in [5.41, 5.74) is 15.4. The van der Waals surface area contributed by atoms with E-state index in [1.807, 2.05) is 36.5 Å². The lowest BCUT2D eigenvalue weighted by Crippen LogP contribution is -2.66. The van der Waals surface area contributed by atoms with E-state index in [9.17, 15) is 30.0 Å². The van der Waals surface area contributed by atoms with Crippen LogP contribution in [0.5, 0.6) is 28.7 Å². The van der Waals surface area contributed by atoms with Crippen molar-refractivity contribution in [3.63, 3.8) is 0 Å². The molecule has 17 nitrogen and oxygen atoms in total. The molecule has 3 aliphatic rings. The Morgan fingerprint density at radius 2 is 1.83 bits per heavy atom. The number of methoxy groups -OCH3 is 1. The van der Waals surface area contributed by atoms with Crippen molar-refractivity contribution < 1.29 is 68.3 Å². The molecule has 282 valence electrons. The molecule has 0 amide bonds. The second kappa shape index (κ2) is 14.7. The molecule has 1 fully saturated rings. The quantitative estimate of drug-likeness (QED) is 0.0563. The van der Waals surface area contributed by atoms with Gasteiger partial charge in [-0.05, 0) is 23.8 Å². The number of aliphatic hydroxyl groups excluding tert-OH is 4. The number of aromatic nitrogens is 1. The third kappa shape index (κ3) is 6.67. The van der Waals surface area contributed by atoms with Crippen LogP contribution in [-0.4, -0.2) is 112 Å². The van der Waals surface area contributed by atoms with Crippen molar-refractivity contribution in [3.8, 4) is 39.9 Å². The zero-order chi connectivity index (χ0) is 37.6. The van der Waals surface area contributed by atoms with E-state index in [2.05, 4.69) is 4.98 Å². The minimum absolute atomic E-state index is 0.0181. The Kier molecular flexibility index (Phi) is 10.1. The van der Waals surface area contributed by atoms with Gasteiger partial charge in [0.05, 0.1) is 32.4 Å². The molecule has 0 spiro atoms. The largest absolute Gasteiger partial charge is 0.493 e. The molecule has 0 bridgehead atoms. The molecule has 3 aromatic carbocycles. The highest BCUT2D eigenvalue weighted by Crippen LogP contribution is 2.58. The van der Waals surface area contributed by atoms with Crippen LogP contribution in [0.15, 0.2) is 54.7 Å². The molecule has 4 aromatic rings. The first-order valence-electron chi connectivity index (χ1n) is 16.8. The molecule has 0 radical (unpaired) electrons. The first kappa shape index (κ1) is 36.2. The molecule has 1 aromatic heterocycles. The Hall–Kier alpha value is -5.14. The number of aromatic amines is 1. The molecule has 1 saturated heterocycles. The highest BCUT2D eigenvalue weighted by atomic mass is 16.7. The molecule has 7 rings (SSSR count). The van der Waals surface area contributed by atoms with E-state index >= 15 is 0 Å². The van der Waals surface area contributed by atoms with Gasteiger partial charge in [0.25, 0.3) is 0 Å². The Bertz CT molecular complexity index is 2000. The third-order valence-corrected chi connectivity index (χ3v) is 9.50. The van der Waals surface area contributed by atoms with Gasteiger partial charge >= 0.3 is 11.9 Å². The molecular formula is C36H39N3O14. The van der Waals surface area contributed by atoms with Gasteiger partial charge < -0.3 is 75.1 Å². The number of hydrogen-bond acceptors (Lipinski definition) is 15. The second-order valence-corrected chi connectivity index (χ2v) is 12.8. The van der Waals surface area contributed by atoms with Gasteiger partial charge in [-0.3, -0.25) is 9.59 Å². The molecule has 3 aliphatic heterocycles. The monoisotopic (exact) mass is 737 g/mol. The standard InChI is InChI=1S/C36H39N3O14/c1-47-22-7-6-17-20-14-49-23-11-15(50-36-29(46)27(44)28(45)33(53-36)34(35(37)38)51-25(43)12-24(41)42)10-18(19-13-39-21-5-3-2-4-16(19)21)26(23)30(20)52-31(17)32(22)48-9-8-40/h2-7,10-11,13,20,27-30,33-36,39-40,44-46H,8-9,12,14,37-38H2,1H3,(H,41,42)/t20-,27-,28-,29+,30+,33-,34-,36+/m0/s1. The number of ether oxygens (including phenoxy) is 7. The fourth-order valence-corrected chi connectivity index (χ4v) is 7.07. The number of nitrogens with two attached hydrogens (primary N) is 2. The van der Waals surface area contributed by atoms with Gasteiger partial charge in [-0.2, -0.15) is 0 Å². The van der Waals surface area contributed by atoms with Crippen LogP contribution in [-0.2, 0) is 19.1 Å². The number of H-pyrrole nitrogens is 1. The van der Waals surface area contributed by atoms with E-state index in [1.54, 1.807) is 18.2 Å². The van der Waals surface area contributed by atoms with Crippen LogP contribution < -0.4 is 35.2 Å². The lowest BCUT2D eigenvalue weighted by molar-refractivity contribution is -0.291. The number of hydrogen-bond donors (Lipinski definition) is 8. The Balaban J connectivity index is 1.27. The SMILES string of the molecule is COc1ccc2c(c1OCCO)O[C@H]1c3c(cc(O[C@@H]4O[C@H]([C@H](OC(=O)CC(=O)O)C(N)N)[C@@H](O)[C@H](O)[C@H]4O)cc3-c3c[nH]c4ccccc34)OC[C@@H]21. The van der Waals surface area contributed by atoms with Crippen molar-refractivity contribution in [1.29, 1.82) is 0 Å². The van der Waals surface area contributed by atoms with Crippen LogP contribution in [0.4, 0.5) is 0 Å². The summed E-state index contributed by atoms with van der Waals surface area (Å²) < 4.78 is 41.6. The van der Waals surface area contributed by atoms with Crippen molar-refractivity contribution in [2.75, 3.05) is 26.9 Å². The number of rotatable bonds is 12. The fraction of sp³-hybridized carbons (Fsp3) is 0.389. The fourth-order valence-electron chi connectivity index (χ4n) is 7.07. The molecule has 0 unspecified atom stereocenters. The first-order valence-corrected chi connectivity index (χ1v) is 16.8. The smallest absolute Gasteiger partial charge is 0.317 e. The molecule has 17 heteroatoms. The molecule has 0 aliphatic carbocycles. The summed E-state index contributed by atoms with van der Waals surface area (Å²) in [5, 5.41) is 52.0. The van der Waals surface area contributed by atoms with E-state index in [0.29, 0.717) is 34.1 Å².